The van der Waals surface area contributed by atoms with Gasteiger partial charge in [0.2, 0.25) is 5.91 Å². The summed E-state index contributed by atoms with van der Waals surface area (Å²) in [6, 6.07) is 9.91. The number of carbonyl (C=O) groups is 1. The summed E-state index contributed by atoms with van der Waals surface area (Å²) in [7, 11) is 0. The van der Waals surface area contributed by atoms with Gasteiger partial charge in [-0.1, -0.05) is 12.1 Å². The number of alkyl halides is 3. The number of halogens is 4. The van der Waals surface area contributed by atoms with Crippen molar-refractivity contribution >= 4 is 22.6 Å². The average molecular weight is 431 g/mol. The number of hydrogen-bond acceptors (Lipinski definition) is 4. The van der Waals surface area contributed by atoms with Crippen LogP contribution in [0.15, 0.2) is 65.8 Å². The molecule has 0 bridgehead atoms. The fraction of sp³-hybridized carbons (Fsp3) is 0.100. The van der Waals surface area contributed by atoms with E-state index in [1.807, 2.05) is 0 Å². The average Bonchev–Trinajstić information content (AvgIpc) is 3.15. The number of rotatable bonds is 4. The Bertz CT molecular complexity index is 1330. The van der Waals surface area contributed by atoms with Gasteiger partial charge in [-0.05, 0) is 36.4 Å². The number of hydrogen-bond donors (Lipinski definition) is 1. The van der Waals surface area contributed by atoms with Crippen LogP contribution in [0.25, 0.3) is 16.7 Å². The smallest absolute Gasteiger partial charge is 0.324 e. The highest BCUT2D eigenvalue weighted by Crippen LogP contribution is 2.34. The minimum absolute atomic E-state index is 0.0929. The molecule has 0 saturated carbocycles. The van der Waals surface area contributed by atoms with Crippen molar-refractivity contribution in [3.8, 4) is 5.69 Å². The van der Waals surface area contributed by atoms with Gasteiger partial charge in [0.1, 0.15) is 24.1 Å². The van der Waals surface area contributed by atoms with Crippen molar-refractivity contribution in [1.29, 1.82) is 0 Å². The fourth-order valence-corrected chi connectivity index (χ4v) is 3.02. The number of carbonyl (C=O) groups excluding carboxylic acids is 1. The lowest BCUT2D eigenvalue weighted by Gasteiger charge is -2.13. The van der Waals surface area contributed by atoms with Crippen molar-refractivity contribution in [2.24, 2.45) is 0 Å². The summed E-state index contributed by atoms with van der Waals surface area (Å²) in [4.78, 5) is 29.1. The molecule has 4 rings (SSSR count). The molecular formula is C20H13F4N5O2. The maximum atomic E-state index is 13.1. The van der Waals surface area contributed by atoms with E-state index in [0.717, 1.165) is 23.0 Å². The molecule has 1 N–H and O–H groups in total. The zero-order valence-corrected chi connectivity index (χ0v) is 15.6. The summed E-state index contributed by atoms with van der Waals surface area (Å²) in [5.74, 6) is -1.26. The molecule has 0 radical (unpaired) electrons. The molecule has 2 aromatic carbocycles. The Hall–Kier alpha value is -4.02. The predicted octanol–water partition coefficient (Wildman–Crippen LogP) is 3.38. The predicted molar refractivity (Wildman–Crippen MR) is 103 cm³/mol. The highest BCUT2D eigenvalue weighted by Gasteiger charge is 2.33. The monoisotopic (exact) mass is 431 g/mol. The number of nitrogens with one attached hydrogen (secondary N) is 1. The number of aromatic nitrogens is 4. The summed E-state index contributed by atoms with van der Waals surface area (Å²) < 4.78 is 54.7. The van der Waals surface area contributed by atoms with Gasteiger partial charge in [0.15, 0.2) is 5.65 Å². The molecule has 31 heavy (non-hydrogen) atoms. The molecule has 7 nitrogen and oxygen atoms in total. The standard InChI is InChI=1S/C20H13F4N5O2/c21-12-5-7-13(8-6-12)29-18-14(9-26-29)19(31)28(11-25-18)10-17(30)27-16-4-2-1-3-15(16)20(22,23)24/h1-9,11H,10H2,(H,27,30). The van der Waals surface area contributed by atoms with E-state index in [0.29, 0.717) is 5.69 Å². The number of anilines is 1. The Morgan fingerprint density at radius 1 is 1.06 bits per heavy atom. The van der Waals surface area contributed by atoms with E-state index in [2.05, 4.69) is 15.4 Å². The maximum Gasteiger partial charge on any atom is 0.418 e. The Labute approximate surface area is 171 Å². The van der Waals surface area contributed by atoms with Crippen LogP contribution < -0.4 is 10.9 Å². The van der Waals surface area contributed by atoms with E-state index in [4.69, 9.17) is 0 Å². The van der Waals surface area contributed by atoms with Gasteiger partial charge in [0.05, 0.1) is 23.1 Å². The Morgan fingerprint density at radius 3 is 2.48 bits per heavy atom. The number of amides is 1. The van der Waals surface area contributed by atoms with Gasteiger partial charge in [-0.25, -0.2) is 14.1 Å². The second kappa shape index (κ2) is 7.67. The first-order valence-corrected chi connectivity index (χ1v) is 8.89. The summed E-state index contributed by atoms with van der Waals surface area (Å²) in [5, 5.41) is 6.34. The highest BCUT2D eigenvalue weighted by molar-refractivity contribution is 5.91. The second-order valence-electron chi connectivity index (χ2n) is 6.54. The van der Waals surface area contributed by atoms with Crippen LogP contribution in [0.4, 0.5) is 23.2 Å². The number of para-hydroxylation sites is 1. The van der Waals surface area contributed by atoms with Gasteiger partial charge in [0, 0.05) is 0 Å². The third-order valence-electron chi connectivity index (χ3n) is 4.45. The fourth-order valence-electron chi connectivity index (χ4n) is 3.02. The topological polar surface area (TPSA) is 81.8 Å². The molecule has 11 heteroatoms. The van der Waals surface area contributed by atoms with Crippen molar-refractivity contribution in [3.63, 3.8) is 0 Å². The van der Waals surface area contributed by atoms with E-state index in [1.165, 1.54) is 47.3 Å². The van der Waals surface area contributed by atoms with Gasteiger partial charge in [-0.2, -0.15) is 18.3 Å². The van der Waals surface area contributed by atoms with Crippen LogP contribution in [0.2, 0.25) is 0 Å². The van der Waals surface area contributed by atoms with Gasteiger partial charge in [-0.15, -0.1) is 0 Å². The van der Waals surface area contributed by atoms with Gasteiger partial charge in [0.25, 0.3) is 5.56 Å². The molecule has 2 aromatic heterocycles. The molecular weight excluding hydrogens is 418 g/mol. The van der Waals surface area contributed by atoms with Crippen molar-refractivity contribution in [2.75, 3.05) is 5.32 Å². The van der Waals surface area contributed by atoms with Crippen molar-refractivity contribution in [2.45, 2.75) is 12.7 Å². The third kappa shape index (κ3) is 4.02. The first-order valence-electron chi connectivity index (χ1n) is 8.89. The van der Waals surface area contributed by atoms with Crippen molar-refractivity contribution in [1.82, 2.24) is 19.3 Å². The molecule has 0 unspecified atom stereocenters. The van der Waals surface area contributed by atoms with E-state index in [1.54, 1.807) is 0 Å². The molecule has 0 fully saturated rings. The third-order valence-corrected chi connectivity index (χ3v) is 4.45. The molecule has 0 aliphatic carbocycles. The van der Waals surface area contributed by atoms with Crippen LogP contribution in [0.3, 0.4) is 0 Å². The van der Waals surface area contributed by atoms with Crippen LogP contribution in [0.1, 0.15) is 5.56 Å². The largest absolute Gasteiger partial charge is 0.418 e. The highest BCUT2D eigenvalue weighted by atomic mass is 19.4. The number of benzene rings is 2. The van der Waals surface area contributed by atoms with E-state index < -0.39 is 41.3 Å². The van der Waals surface area contributed by atoms with Gasteiger partial charge >= 0.3 is 6.18 Å². The maximum absolute atomic E-state index is 13.1. The first kappa shape index (κ1) is 20.3. The van der Waals surface area contributed by atoms with Crippen molar-refractivity contribution < 1.29 is 22.4 Å². The van der Waals surface area contributed by atoms with Crippen LogP contribution in [-0.4, -0.2) is 25.2 Å². The Morgan fingerprint density at radius 2 is 1.77 bits per heavy atom. The molecule has 0 atom stereocenters. The molecule has 2 heterocycles. The van der Waals surface area contributed by atoms with Gasteiger partial charge in [-0.3, -0.25) is 14.2 Å². The molecule has 4 aromatic rings. The lowest BCUT2D eigenvalue weighted by molar-refractivity contribution is -0.137. The van der Waals surface area contributed by atoms with Crippen LogP contribution in [0.5, 0.6) is 0 Å². The molecule has 0 saturated heterocycles. The summed E-state index contributed by atoms with van der Waals surface area (Å²) >= 11 is 0. The minimum atomic E-state index is -4.64. The van der Waals surface area contributed by atoms with Crippen LogP contribution in [0, 0.1) is 5.82 Å². The van der Waals surface area contributed by atoms with Crippen LogP contribution >= 0.6 is 0 Å². The summed E-state index contributed by atoms with van der Waals surface area (Å²) in [6.45, 7) is -0.546. The van der Waals surface area contributed by atoms with E-state index in [9.17, 15) is 27.2 Å². The number of nitrogens with zero attached hydrogens (tertiary/aromatic N) is 4. The molecule has 1 amide bonds. The normalized spacial score (nSPS) is 11.6. The van der Waals surface area contributed by atoms with E-state index >= 15 is 0 Å². The molecule has 0 spiro atoms. The molecule has 0 aliphatic heterocycles. The Balaban J connectivity index is 1.60. The first-order chi connectivity index (χ1) is 14.7. The molecule has 158 valence electrons. The van der Waals surface area contributed by atoms with Crippen LogP contribution in [-0.2, 0) is 17.5 Å². The zero-order chi connectivity index (χ0) is 22.2. The quantitative estimate of drug-likeness (QED) is 0.503. The Kier molecular flexibility index (Phi) is 5.01. The van der Waals surface area contributed by atoms with Crippen molar-refractivity contribution in [3.05, 3.63) is 82.8 Å². The summed E-state index contributed by atoms with van der Waals surface area (Å²) in [5.41, 5.74) is -1.34. The zero-order valence-electron chi connectivity index (χ0n) is 15.6. The molecule has 0 aliphatic rings. The van der Waals surface area contributed by atoms with Gasteiger partial charge < -0.3 is 5.32 Å². The SMILES string of the molecule is O=C(Cn1cnc2c(cnn2-c2ccc(F)cc2)c1=O)Nc1ccccc1C(F)(F)F. The summed E-state index contributed by atoms with van der Waals surface area (Å²) in [6.07, 6.45) is -2.29. The minimum Gasteiger partial charge on any atom is -0.324 e. The number of fused-ring (bicyclic) bond motifs is 1. The lowest BCUT2D eigenvalue weighted by Crippen LogP contribution is -2.28. The lowest BCUT2D eigenvalue weighted by atomic mass is 10.1. The van der Waals surface area contributed by atoms with E-state index in [-0.39, 0.29) is 11.0 Å². The second-order valence-corrected chi connectivity index (χ2v) is 6.54.